The van der Waals surface area contributed by atoms with Gasteiger partial charge in [-0.25, -0.2) is 0 Å². The predicted octanol–water partition coefficient (Wildman–Crippen LogP) is 5.29. The van der Waals surface area contributed by atoms with E-state index in [-0.39, 0.29) is 28.3 Å². The van der Waals surface area contributed by atoms with E-state index in [1.165, 1.54) is 36.4 Å². The first kappa shape index (κ1) is 19.2. The van der Waals surface area contributed by atoms with Crippen LogP contribution < -0.4 is 4.74 Å². The molecule has 140 valence electrons. The third kappa shape index (κ3) is 4.21. The van der Waals surface area contributed by atoms with E-state index in [1.807, 2.05) is 0 Å². The molecule has 8 nitrogen and oxygen atoms in total. The Balaban J connectivity index is 1.91. The van der Waals surface area contributed by atoms with Crippen molar-refractivity contribution in [1.82, 2.24) is 0 Å². The Bertz CT molecular complexity index is 1060. The largest absolute Gasteiger partial charge is 0.450 e. The van der Waals surface area contributed by atoms with E-state index < -0.39 is 15.6 Å². The zero-order chi connectivity index (χ0) is 20.3. The summed E-state index contributed by atoms with van der Waals surface area (Å²) in [5.41, 5.74) is -0.262. The van der Waals surface area contributed by atoms with E-state index in [2.05, 4.69) is 15.9 Å². The molecule has 0 atom stereocenters. The fourth-order valence-electron chi connectivity index (χ4n) is 2.42. The van der Waals surface area contributed by atoms with E-state index in [0.717, 1.165) is 10.5 Å². The molecule has 0 saturated heterocycles. The number of non-ortho nitro benzene ring substituents is 1. The second-order valence-corrected chi connectivity index (χ2v) is 6.54. The number of rotatable bonds is 6. The van der Waals surface area contributed by atoms with Crippen LogP contribution in [0.25, 0.3) is 0 Å². The van der Waals surface area contributed by atoms with Crippen LogP contribution in [-0.2, 0) is 0 Å². The molecular weight excluding hydrogens is 432 g/mol. The Kier molecular flexibility index (Phi) is 5.46. The molecule has 9 heteroatoms. The molecule has 0 N–H and O–H groups in total. The van der Waals surface area contributed by atoms with Crippen molar-refractivity contribution in [3.8, 4) is 11.5 Å². The molecule has 0 bridgehead atoms. The molecule has 0 fully saturated rings. The van der Waals surface area contributed by atoms with E-state index in [0.29, 0.717) is 5.75 Å². The molecule has 0 aliphatic rings. The average Bonchev–Trinajstić information content (AvgIpc) is 2.69. The lowest BCUT2D eigenvalue weighted by atomic mass is 10.0. The van der Waals surface area contributed by atoms with Gasteiger partial charge in [0.15, 0.2) is 5.78 Å². The summed E-state index contributed by atoms with van der Waals surface area (Å²) >= 11 is 3.29. The van der Waals surface area contributed by atoms with E-state index in [9.17, 15) is 25.0 Å². The number of ketones is 1. The highest BCUT2D eigenvalue weighted by Gasteiger charge is 2.20. The lowest BCUT2D eigenvalue weighted by molar-refractivity contribution is -0.385. The number of benzene rings is 3. The normalized spacial score (nSPS) is 10.3. The Morgan fingerprint density at radius 2 is 1.43 bits per heavy atom. The predicted molar refractivity (Wildman–Crippen MR) is 104 cm³/mol. The molecule has 0 aliphatic carbocycles. The van der Waals surface area contributed by atoms with Crippen LogP contribution >= 0.6 is 15.9 Å². The van der Waals surface area contributed by atoms with Crippen LogP contribution in [0, 0.1) is 20.2 Å². The average molecular weight is 443 g/mol. The molecule has 3 rings (SSSR count). The number of carbonyl (C=O) groups excluding carboxylic acids is 1. The molecule has 28 heavy (non-hydrogen) atoms. The zero-order valence-corrected chi connectivity index (χ0v) is 15.7. The number of hydrogen-bond acceptors (Lipinski definition) is 6. The summed E-state index contributed by atoms with van der Waals surface area (Å²) in [4.78, 5) is 33.5. The van der Waals surface area contributed by atoms with Gasteiger partial charge in [-0.3, -0.25) is 25.0 Å². The minimum atomic E-state index is -0.638. The van der Waals surface area contributed by atoms with Crippen molar-refractivity contribution in [1.29, 1.82) is 0 Å². The summed E-state index contributed by atoms with van der Waals surface area (Å²) < 4.78 is 6.39. The Labute approximate surface area is 166 Å². The van der Waals surface area contributed by atoms with E-state index >= 15 is 0 Å². The number of nitro groups is 2. The zero-order valence-electron chi connectivity index (χ0n) is 14.1. The number of ether oxygens (including phenoxy) is 1. The number of halogens is 1. The molecule has 0 radical (unpaired) electrons. The van der Waals surface area contributed by atoms with Gasteiger partial charge in [0.05, 0.1) is 9.85 Å². The van der Waals surface area contributed by atoms with Gasteiger partial charge >= 0.3 is 5.69 Å². The standard InChI is InChI=1S/C19H11BrN2O6/c20-14-4-8-16(9-5-14)28-18-10-3-13(11-17(18)22(26)27)19(23)12-1-6-15(7-2-12)21(24)25/h1-11H. The Morgan fingerprint density at radius 3 is 2.00 bits per heavy atom. The minimum Gasteiger partial charge on any atom is -0.450 e. The Hall–Kier alpha value is -3.59. The third-order valence-electron chi connectivity index (χ3n) is 3.80. The molecule has 0 amide bonds. The number of nitro benzene ring substituents is 2. The van der Waals surface area contributed by atoms with Gasteiger partial charge in [-0.05, 0) is 48.5 Å². The summed E-state index contributed by atoms with van der Waals surface area (Å²) in [7, 11) is 0. The molecule has 0 saturated carbocycles. The summed E-state index contributed by atoms with van der Waals surface area (Å²) in [5, 5.41) is 22.1. The fraction of sp³-hybridized carbons (Fsp3) is 0. The highest BCUT2D eigenvalue weighted by atomic mass is 79.9. The van der Waals surface area contributed by atoms with Gasteiger partial charge in [-0.2, -0.15) is 0 Å². The van der Waals surface area contributed by atoms with Gasteiger partial charge in [-0.1, -0.05) is 15.9 Å². The summed E-state index contributed by atoms with van der Waals surface area (Å²) in [6.07, 6.45) is 0. The van der Waals surface area contributed by atoms with Crippen LogP contribution in [-0.4, -0.2) is 15.6 Å². The van der Waals surface area contributed by atoms with Crippen LogP contribution in [0.3, 0.4) is 0 Å². The van der Waals surface area contributed by atoms with Crippen LogP contribution in [0.5, 0.6) is 11.5 Å². The summed E-state index contributed by atoms with van der Waals surface area (Å²) in [6, 6.07) is 15.6. The van der Waals surface area contributed by atoms with Crippen molar-refractivity contribution in [2.75, 3.05) is 0 Å². The van der Waals surface area contributed by atoms with Gasteiger partial charge in [0.2, 0.25) is 5.75 Å². The first-order valence-corrected chi connectivity index (χ1v) is 8.65. The van der Waals surface area contributed by atoms with Crippen LogP contribution in [0.4, 0.5) is 11.4 Å². The maximum Gasteiger partial charge on any atom is 0.312 e. The topological polar surface area (TPSA) is 113 Å². The molecule has 0 aliphatic heterocycles. The summed E-state index contributed by atoms with van der Waals surface area (Å²) in [6.45, 7) is 0. The van der Waals surface area contributed by atoms with Crippen LogP contribution in [0.1, 0.15) is 15.9 Å². The highest BCUT2D eigenvalue weighted by Crippen LogP contribution is 2.33. The van der Waals surface area contributed by atoms with E-state index in [1.54, 1.807) is 24.3 Å². The first-order chi connectivity index (χ1) is 13.3. The molecule has 0 aromatic heterocycles. The Morgan fingerprint density at radius 1 is 0.821 bits per heavy atom. The summed E-state index contributed by atoms with van der Waals surface area (Å²) in [5.74, 6) is -0.0958. The van der Waals surface area contributed by atoms with Crippen molar-refractivity contribution < 1.29 is 19.4 Å². The SMILES string of the molecule is O=C(c1ccc([N+](=O)[O-])cc1)c1ccc(Oc2ccc(Br)cc2)c([N+](=O)[O-])c1. The number of nitrogens with zero attached hydrogens (tertiary/aromatic N) is 2. The van der Waals surface area contributed by atoms with Crippen molar-refractivity contribution >= 4 is 33.1 Å². The van der Waals surface area contributed by atoms with Crippen molar-refractivity contribution in [3.05, 3.63) is 103 Å². The third-order valence-corrected chi connectivity index (χ3v) is 4.33. The highest BCUT2D eigenvalue weighted by molar-refractivity contribution is 9.10. The molecule has 3 aromatic carbocycles. The second kappa shape index (κ2) is 7.97. The molecular formula is C19H11BrN2O6. The molecule has 0 unspecified atom stereocenters. The minimum absolute atomic E-state index is 0.00688. The number of carbonyl (C=O) groups is 1. The maximum absolute atomic E-state index is 12.6. The van der Waals surface area contributed by atoms with Gasteiger partial charge in [0.1, 0.15) is 5.75 Å². The van der Waals surface area contributed by atoms with Crippen molar-refractivity contribution in [2.24, 2.45) is 0 Å². The fourth-order valence-corrected chi connectivity index (χ4v) is 2.68. The maximum atomic E-state index is 12.6. The van der Waals surface area contributed by atoms with Crippen LogP contribution in [0.15, 0.2) is 71.2 Å². The smallest absolute Gasteiger partial charge is 0.312 e. The second-order valence-electron chi connectivity index (χ2n) is 5.63. The number of hydrogen-bond donors (Lipinski definition) is 0. The van der Waals surface area contributed by atoms with Gasteiger partial charge in [0.25, 0.3) is 5.69 Å². The lowest BCUT2D eigenvalue weighted by Gasteiger charge is -2.08. The van der Waals surface area contributed by atoms with E-state index in [4.69, 9.17) is 4.74 Å². The molecule has 3 aromatic rings. The van der Waals surface area contributed by atoms with Crippen LogP contribution in [0.2, 0.25) is 0 Å². The lowest BCUT2D eigenvalue weighted by Crippen LogP contribution is -2.03. The van der Waals surface area contributed by atoms with Crippen molar-refractivity contribution in [2.45, 2.75) is 0 Å². The monoisotopic (exact) mass is 442 g/mol. The molecule has 0 heterocycles. The first-order valence-electron chi connectivity index (χ1n) is 7.86. The van der Waals surface area contributed by atoms with Gasteiger partial charge < -0.3 is 4.74 Å². The van der Waals surface area contributed by atoms with Gasteiger partial charge in [-0.15, -0.1) is 0 Å². The quantitative estimate of drug-likeness (QED) is 0.291. The van der Waals surface area contributed by atoms with Crippen molar-refractivity contribution in [3.63, 3.8) is 0 Å². The van der Waals surface area contributed by atoms with Gasteiger partial charge in [0, 0.05) is 33.8 Å². The molecule has 0 spiro atoms.